The van der Waals surface area contributed by atoms with Gasteiger partial charge in [0, 0.05) is 18.7 Å². The van der Waals surface area contributed by atoms with Gasteiger partial charge in [0.05, 0.1) is 34.3 Å². The number of hydrogen-bond acceptors (Lipinski definition) is 5. The first-order valence-electron chi connectivity index (χ1n) is 9.56. The number of carbonyl (C=O) groups is 2. The van der Waals surface area contributed by atoms with E-state index in [4.69, 9.17) is 4.74 Å². The number of hydrogen-bond donors (Lipinski definition) is 1. The van der Waals surface area contributed by atoms with Crippen molar-refractivity contribution in [1.82, 2.24) is 10.3 Å². The molecule has 2 aromatic carbocycles. The molecule has 3 aromatic rings. The van der Waals surface area contributed by atoms with Crippen LogP contribution in [-0.2, 0) is 9.59 Å². The zero-order chi connectivity index (χ0) is 20.5. The van der Waals surface area contributed by atoms with Crippen molar-refractivity contribution in [1.29, 1.82) is 0 Å². The predicted molar refractivity (Wildman–Crippen MR) is 114 cm³/mol. The molecule has 0 bridgehead atoms. The topological polar surface area (TPSA) is 71.5 Å². The van der Waals surface area contributed by atoms with Gasteiger partial charge >= 0.3 is 0 Å². The van der Waals surface area contributed by atoms with Gasteiger partial charge in [0.1, 0.15) is 5.75 Å². The summed E-state index contributed by atoms with van der Waals surface area (Å²) in [6.45, 7) is 4.29. The summed E-state index contributed by atoms with van der Waals surface area (Å²) in [5.41, 5.74) is 2.68. The van der Waals surface area contributed by atoms with E-state index in [2.05, 4.69) is 10.3 Å². The number of nitrogens with zero attached hydrogens (tertiary/aromatic N) is 2. The minimum Gasteiger partial charge on any atom is -0.497 e. The second-order valence-corrected chi connectivity index (χ2v) is 8.53. The highest BCUT2D eigenvalue weighted by Gasteiger charge is 2.35. The first-order chi connectivity index (χ1) is 13.9. The molecule has 29 heavy (non-hydrogen) atoms. The molecule has 1 N–H and O–H groups in total. The largest absolute Gasteiger partial charge is 0.497 e. The Labute approximate surface area is 173 Å². The molecule has 1 fully saturated rings. The van der Waals surface area contributed by atoms with Gasteiger partial charge in [-0.25, -0.2) is 4.98 Å². The standard InChI is InChI=1S/C22H23N3O3S/c1-13(15-4-7-18(28-3)8-5-15)23-22(27)16-10-21(26)25(12-16)17-6-9-20-19(11-17)24-14(2)29-20/h4-9,11,13,16H,10,12H2,1-3H3,(H,23,27). The number of benzene rings is 2. The molecule has 0 saturated carbocycles. The van der Waals surface area contributed by atoms with Crippen molar-refractivity contribution in [2.75, 3.05) is 18.6 Å². The maximum atomic E-state index is 12.8. The van der Waals surface area contributed by atoms with Gasteiger partial charge in [0.25, 0.3) is 0 Å². The van der Waals surface area contributed by atoms with Gasteiger partial charge in [-0.2, -0.15) is 0 Å². The molecule has 7 heteroatoms. The Morgan fingerprint density at radius 3 is 2.76 bits per heavy atom. The lowest BCUT2D eigenvalue weighted by Crippen LogP contribution is -2.34. The molecule has 2 atom stereocenters. The second kappa shape index (κ2) is 7.83. The van der Waals surface area contributed by atoms with E-state index in [1.807, 2.05) is 56.3 Å². The smallest absolute Gasteiger partial charge is 0.227 e. The Hall–Kier alpha value is -2.93. The summed E-state index contributed by atoms with van der Waals surface area (Å²) in [6, 6.07) is 13.3. The van der Waals surface area contributed by atoms with Gasteiger partial charge in [0.2, 0.25) is 11.8 Å². The minimum absolute atomic E-state index is 0.0337. The van der Waals surface area contributed by atoms with E-state index in [1.165, 1.54) is 0 Å². The summed E-state index contributed by atoms with van der Waals surface area (Å²) in [7, 11) is 1.62. The van der Waals surface area contributed by atoms with Crippen LogP contribution in [0.15, 0.2) is 42.5 Å². The SMILES string of the molecule is COc1ccc(C(C)NC(=O)C2CC(=O)N(c3ccc4sc(C)nc4c3)C2)cc1. The maximum Gasteiger partial charge on any atom is 0.227 e. The van der Waals surface area contributed by atoms with Crippen molar-refractivity contribution in [3.63, 3.8) is 0 Å². The number of methoxy groups -OCH3 is 1. The van der Waals surface area contributed by atoms with Gasteiger partial charge < -0.3 is 15.0 Å². The number of fused-ring (bicyclic) bond motifs is 1. The van der Waals surface area contributed by atoms with Gasteiger partial charge in [-0.3, -0.25) is 9.59 Å². The summed E-state index contributed by atoms with van der Waals surface area (Å²) < 4.78 is 6.27. The highest BCUT2D eigenvalue weighted by molar-refractivity contribution is 7.18. The molecule has 0 radical (unpaired) electrons. The van der Waals surface area contributed by atoms with Crippen molar-refractivity contribution in [2.45, 2.75) is 26.3 Å². The van der Waals surface area contributed by atoms with Crippen molar-refractivity contribution >= 4 is 39.1 Å². The van der Waals surface area contributed by atoms with Crippen LogP contribution in [0.25, 0.3) is 10.2 Å². The molecule has 1 aliphatic rings. The number of ether oxygens (including phenoxy) is 1. The molecule has 1 saturated heterocycles. The molecule has 2 heterocycles. The summed E-state index contributed by atoms with van der Waals surface area (Å²) in [6.07, 6.45) is 0.218. The van der Waals surface area contributed by atoms with Crippen molar-refractivity contribution in [3.05, 3.63) is 53.0 Å². The van der Waals surface area contributed by atoms with Crippen LogP contribution in [0, 0.1) is 12.8 Å². The highest BCUT2D eigenvalue weighted by atomic mass is 32.1. The Balaban J connectivity index is 1.44. The average Bonchev–Trinajstić information content (AvgIpc) is 3.29. The predicted octanol–water partition coefficient (Wildman–Crippen LogP) is 3.84. The summed E-state index contributed by atoms with van der Waals surface area (Å²) in [5.74, 6) is 0.274. The van der Waals surface area contributed by atoms with Crippen LogP contribution in [-0.4, -0.2) is 30.5 Å². The van der Waals surface area contributed by atoms with Gasteiger partial charge in [-0.15, -0.1) is 11.3 Å². The third-order valence-corrected chi connectivity index (χ3v) is 6.21. The number of aromatic nitrogens is 1. The van der Waals surface area contributed by atoms with Crippen LogP contribution in [0.1, 0.15) is 30.0 Å². The molecule has 150 valence electrons. The van der Waals surface area contributed by atoms with E-state index < -0.39 is 0 Å². The summed E-state index contributed by atoms with van der Waals surface area (Å²) in [5, 5.41) is 4.03. The quantitative estimate of drug-likeness (QED) is 0.695. The monoisotopic (exact) mass is 409 g/mol. The molecule has 2 unspecified atom stereocenters. The van der Waals surface area contributed by atoms with E-state index in [1.54, 1.807) is 23.3 Å². The van der Waals surface area contributed by atoms with Gasteiger partial charge in [-0.05, 0) is 49.7 Å². The number of aryl methyl sites for hydroxylation is 1. The highest BCUT2D eigenvalue weighted by Crippen LogP contribution is 2.30. The first-order valence-corrected chi connectivity index (χ1v) is 10.4. The van der Waals surface area contributed by atoms with Crippen LogP contribution >= 0.6 is 11.3 Å². The van der Waals surface area contributed by atoms with Crippen LogP contribution in [0.5, 0.6) is 5.75 Å². The molecular formula is C22H23N3O3S. The van der Waals surface area contributed by atoms with E-state index in [0.717, 1.165) is 32.2 Å². The number of anilines is 1. The third kappa shape index (κ3) is 3.96. The molecule has 2 amide bonds. The van der Waals surface area contributed by atoms with Crippen molar-refractivity contribution in [2.24, 2.45) is 5.92 Å². The minimum atomic E-state index is -0.365. The second-order valence-electron chi connectivity index (χ2n) is 7.29. The lowest BCUT2D eigenvalue weighted by Gasteiger charge is -2.19. The number of nitrogens with one attached hydrogen (secondary N) is 1. The van der Waals surface area contributed by atoms with Crippen molar-refractivity contribution < 1.29 is 14.3 Å². The Kier molecular flexibility index (Phi) is 5.24. The van der Waals surface area contributed by atoms with Gasteiger partial charge in [-0.1, -0.05) is 12.1 Å². The number of amides is 2. The van der Waals surface area contributed by atoms with Crippen LogP contribution in [0.3, 0.4) is 0 Å². The van der Waals surface area contributed by atoms with Gasteiger partial charge in [0.15, 0.2) is 0 Å². The first kappa shape index (κ1) is 19.4. The van der Waals surface area contributed by atoms with E-state index >= 15 is 0 Å². The van der Waals surface area contributed by atoms with E-state index in [9.17, 15) is 9.59 Å². The maximum absolute atomic E-state index is 12.8. The molecular weight excluding hydrogens is 386 g/mol. The fourth-order valence-corrected chi connectivity index (χ4v) is 4.45. The fourth-order valence-electron chi connectivity index (χ4n) is 3.64. The summed E-state index contributed by atoms with van der Waals surface area (Å²) >= 11 is 1.63. The fraction of sp³-hybridized carbons (Fsp3) is 0.318. The summed E-state index contributed by atoms with van der Waals surface area (Å²) in [4.78, 5) is 31.5. The van der Waals surface area contributed by atoms with Crippen LogP contribution < -0.4 is 15.0 Å². The number of thiazole rings is 1. The Bertz CT molecular complexity index is 1060. The average molecular weight is 410 g/mol. The Morgan fingerprint density at radius 1 is 1.28 bits per heavy atom. The van der Waals surface area contributed by atoms with Crippen LogP contribution in [0.4, 0.5) is 5.69 Å². The lowest BCUT2D eigenvalue weighted by atomic mass is 10.0. The number of rotatable bonds is 5. The molecule has 0 spiro atoms. The van der Waals surface area contributed by atoms with E-state index in [0.29, 0.717) is 6.54 Å². The molecule has 0 aliphatic carbocycles. The number of carbonyl (C=O) groups excluding carboxylic acids is 2. The van der Waals surface area contributed by atoms with Crippen LogP contribution in [0.2, 0.25) is 0 Å². The molecule has 6 nitrogen and oxygen atoms in total. The van der Waals surface area contributed by atoms with E-state index in [-0.39, 0.29) is 30.2 Å². The third-order valence-electron chi connectivity index (χ3n) is 5.26. The molecule has 1 aliphatic heterocycles. The zero-order valence-corrected chi connectivity index (χ0v) is 17.5. The normalized spacial score (nSPS) is 17.6. The van der Waals surface area contributed by atoms with Crippen molar-refractivity contribution in [3.8, 4) is 5.75 Å². The Morgan fingerprint density at radius 2 is 2.03 bits per heavy atom. The zero-order valence-electron chi connectivity index (χ0n) is 16.6. The lowest BCUT2D eigenvalue weighted by molar-refractivity contribution is -0.126. The molecule has 1 aromatic heterocycles. The molecule has 4 rings (SSSR count).